The first-order chi connectivity index (χ1) is 18.6. The van der Waals surface area contributed by atoms with E-state index in [9.17, 15) is 10.1 Å². The minimum Gasteiger partial charge on any atom is -0.341 e. The molecule has 9 heteroatoms. The molecule has 0 unspecified atom stereocenters. The maximum atomic E-state index is 11.8. The van der Waals surface area contributed by atoms with Crippen molar-refractivity contribution in [2.24, 2.45) is 0 Å². The summed E-state index contributed by atoms with van der Waals surface area (Å²) in [7, 11) is 0. The Morgan fingerprint density at radius 1 is 1.11 bits per heavy atom. The number of piperidine rings is 1. The van der Waals surface area contributed by atoms with Crippen molar-refractivity contribution in [2.75, 3.05) is 23.3 Å². The van der Waals surface area contributed by atoms with Crippen LogP contribution in [0.15, 0.2) is 78.6 Å². The minimum absolute atomic E-state index is 0.0670. The molecule has 4 aromatic rings. The molecular formula is C29H26N8O. The third-order valence-corrected chi connectivity index (χ3v) is 7.04. The fourth-order valence-electron chi connectivity index (χ4n) is 5.03. The molecule has 2 aromatic carbocycles. The molecule has 188 valence electrons. The summed E-state index contributed by atoms with van der Waals surface area (Å²) < 4.78 is 1.69. The second-order valence-corrected chi connectivity index (χ2v) is 9.55. The van der Waals surface area contributed by atoms with Crippen LogP contribution in [0.2, 0.25) is 0 Å². The number of para-hydroxylation sites is 1. The van der Waals surface area contributed by atoms with Crippen LogP contribution in [0.5, 0.6) is 0 Å². The number of fused-ring (bicyclic) bond motifs is 1. The lowest BCUT2D eigenvalue weighted by Crippen LogP contribution is -2.34. The van der Waals surface area contributed by atoms with Gasteiger partial charge in [-0.1, -0.05) is 36.9 Å². The molecule has 4 heterocycles. The van der Waals surface area contributed by atoms with Crippen molar-refractivity contribution in [2.45, 2.75) is 25.2 Å². The zero-order valence-electron chi connectivity index (χ0n) is 20.8. The molecule has 2 aromatic heterocycles. The Kier molecular flexibility index (Phi) is 6.06. The number of hydrogen-bond acceptors (Lipinski definition) is 7. The molecule has 1 amide bonds. The molecule has 6 rings (SSSR count). The second-order valence-electron chi connectivity index (χ2n) is 9.55. The fourth-order valence-corrected chi connectivity index (χ4v) is 5.03. The monoisotopic (exact) mass is 502 g/mol. The third kappa shape index (κ3) is 4.60. The number of carbonyl (C=O) groups excluding carboxylic acids is 1. The Morgan fingerprint density at radius 2 is 1.92 bits per heavy atom. The number of nitrogens with zero attached hydrogens (tertiary/aromatic N) is 6. The lowest BCUT2D eigenvalue weighted by atomic mass is 9.89. The summed E-state index contributed by atoms with van der Waals surface area (Å²) in [5.74, 6) is 1.51. The van der Waals surface area contributed by atoms with E-state index in [0.29, 0.717) is 34.7 Å². The van der Waals surface area contributed by atoms with Gasteiger partial charge in [-0.3, -0.25) is 4.79 Å². The highest BCUT2D eigenvalue weighted by molar-refractivity contribution is 5.89. The molecule has 2 N–H and O–H groups in total. The molecular weight excluding hydrogens is 476 g/mol. The summed E-state index contributed by atoms with van der Waals surface area (Å²) in [6, 6.07) is 20.0. The van der Waals surface area contributed by atoms with Crippen LogP contribution >= 0.6 is 0 Å². The van der Waals surface area contributed by atoms with Gasteiger partial charge in [0.05, 0.1) is 24.3 Å². The zero-order valence-corrected chi connectivity index (χ0v) is 20.8. The molecule has 0 spiro atoms. The first-order valence-electron chi connectivity index (χ1n) is 12.6. The quantitative estimate of drug-likeness (QED) is 0.412. The van der Waals surface area contributed by atoms with E-state index in [1.165, 1.54) is 5.56 Å². The van der Waals surface area contributed by atoms with Gasteiger partial charge in [0.15, 0.2) is 5.65 Å². The summed E-state index contributed by atoms with van der Waals surface area (Å²) in [6.45, 7) is 5.54. The number of aromatic nitrogens is 4. The van der Waals surface area contributed by atoms with Gasteiger partial charge >= 0.3 is 0 Å². The first kappa shape index (κ1) is 23.4. The van der Waals surface area contributed by atoms with E-state index in [2.05, 4.69) is 39.3 Å². The summed E-state index contributed by atoms with van der Waals surface area (Å²) in [5.41, 5.74) is 5.66. The molecule has 0 radical (unpaired) electrons. The largest absolute Gasteiger partial charge is 0.341 e. The van der Waals surface area contributed by atoms with Crippen LogP contribution in [0.25, 0.3) is 11.7 Å². The fraction of sp³-hybridized carbons (Fsp3) is 0.207. The maximum absolute atomic E-state index is 11.8. The van der Waals surface area contributed by atoms with Crippen molar-refractivity contribution < 1.29 is 4.79 Å². The number of nitriles is 1. The molecule has 2 aliphatic heterocycles. The highest BCUT2D eigenvalue weighted by Crippen LogP contribution is 2.31. The topological polar surface area (TPSA) is 111 Å². The Balaban J connectivity index is 1.33. The van der Waals surface area contributed by atoms with Crippen molar-refractivity contribution in [1.29, 1.82) is 5.26 Å². The molecule has 0 atom stereocenters. The Labute approximate surface area is 220 Å². The van der Waals surface area contributed by atoms with Crippen LogP contribution < -0.4 is 15.5 Å². The van der Waals surface area contributed by atoms with Crippen molar-refractivity contribution in [1.82, 2.24) is 24.9 Å². The Morgan fingerprint density at radius 3 is 2.66 bits per heavy atom. The predicted molar refractivity (Wildman–Crippen MR) is 146 cm³/mol. The van der Waals surface area contributed by atoms with Gasteiger partial charge in [-0.2, -0.15) is 24.8 Å². The lowest BCUT2D eigenvalue weighted by molar-refractivity contribution is -0.118. The molecule has 2 fully saturated rings. The molecule has 0 saturated carbocycles. The van der Waals surface area contributed by atoms with E-state index < -0.39 is 0 Å². The van der Waals surface area contributed by atoms with Crippen LogP contribution in [0.4, 0.5) is 17.6 Å². The molecule has 38 heavy (non-hydrogen) atoms. The number of amides is 1. The van der Waals surface area contributed by atoms with E-state index in [0.717, 1.165) is 42.8 Å². The number of hydrogen-bond donors (Lipinski definition) is 2. The first-order valence-corrected chi connectivity index (χ1v) is 12.6. The minimum atomic E-state index is -0.0670. The van der Waals surface area contributed by atoms with Gasteiger partial charge in [-0.25, -0.2) is 0 Å². The predicted octanol–water partition coefficient (Wildman–Crippen LogP) is 4.54. The Bertz CT molecular complexity index is 1610. The second kappa shape index (κ2) is 9.82. The van der Waals surface area contributed by atoms with E-state index in [-0.39, 0.29) is 12.3 Å². The average molecular weight is 503 g/mol. The van der Waals surface area contributed by atoms with E-state index in [1.54, 1.807) is 10.7 Å². The Hall–Kier alpha value is -4.97. The van der Waals surface area contributed by atoms with Crippen molar-refractivity contribution in [3.8, 4) is 6.07 Å². The number of benzene rings is 2. The van der Waals surface area contributed by atoms with Gasteiger partial charge in [0.25, 0.3) is 0 Å². The average Bonchev–Trinajstić information content (AvgIpc) is 3.51. The van der Waals surface area contributed by atoms with Crippen LogP contribution in [0.1, 0.15) is 41.9 Å². The molecule has 0 aliphatic carbocycles. The molecule has 2 saturated heterocycles. The van der Waals surface area contributed by atoms with Gasteiger partial charge in [-0.05, 0) is 60.2 Å². The summed E-state index contributed by atoms with van der Waals surface area (Å²) in [6.07, 6.45) is 5.81. The number of rotatable bonds is 5. The standard InChI is InChI=1S/C29H26N8O/c1-19-23(16-26(38)32-19)15-24-18-31-37-27(24)34-28(35-29(37)33-25-8-3-2-4-9-25)36-12-10-21(11-13-36)22-7-5-6-20(14-22)17-30/h2-9,14-15,18,21H,1,10-13,16H2,(H,32,38)(H,33,34,35)/b23-15+. The van der Waals surface area contributed by atoms with Gasteiger partial charge in [0.2, 0.25) is 17.8 Å². The van der Waals surface area contributed by atoms with E-state index in [1.807, 2.05) is 54.6 Å². The van der Waals surface area contributed by atoms with Crippen molar-refractivity contribution >= 4 is 35.2 Å². The van der Waals surface area contributed by atoms with Crippen LogP contribution in [-0.2, 0) is 4.79 Å². The van der Waals surface area contributed by atoms with Gasteiger partial charge in [0.1, 0.15) is 0 Å². The molecule has 2 aliphatic rings. The number of carbonyl (C=O) groups is 1. The van der Waals surface area contributed by atoms with Crippen LogP contribution in [-0.4, -0.2) is 38.6 Å². The van der Waals surface area contributed by atoms with Gasteiger partial charge in [-0.15, -0.1) is 0 Å². The summed E-state index contributed by atoms with van der Waals surface area (Å²) in [5, 5.41) is 20.0. The highest BCUT2D eigenvalue weighted by Gasteiger charge is 2.25. The summed E-state index contributed by atoms with van der Waals surface area (Å²) in [4.78, 5) is 23.8. The maximum Gasteiger partial charge on any atom is 0.233 e. The SMILES string of the molecule is C=C1NC(=O)C/C1=C\c1cnn2c(Nc3ccccc3)nc(N3CCC(c4cccc(C#N)c4)CC3)nc12. The van der Waals surface area contributed by atoms with E-state index >= 15 is 0 Å². The van der Waals surface area contributed by atoms with Gasteiger partial charge in [0, 0.05) is 30.0 Å². The number of nitrogens with one attached hydrogen (secondary N) is 2. The van der Waals surface area contributed by atoms with Crippen molar-refractivity contribution in [3.05, 3.63) is 95.3 Å². The van der Waals surface area contributed by atoms with Crippen LogP contribution in [0, 0.1) is 11.3 Å². The van der Waals surface area contributed by atoms with Crippen LogP contribution in [0.3, 0.4) is 0 Å². The van der Waals surface area contributed by atoms with E-state index in [4.69, 9.17) is 9.97 Å². The molecule has 9 nitrogen and oxygen atoms in total. The number of anilines is 3. The third-order valence-electron chi connectivity index (χ3n) is 7.04. The lowest BCUT2D eigenvalue weighted by Gasteiger charge is -2.32. The zero-order chi connectivity index (χ0) is 26.1. The smallest absolute Gasteiger partial charge is 0.233 e. The normalized spacial score (nSPS) is 17.1. The van der Waals surface area contributed by atoms with Gasteiger partial charge < -0.3 is 15.5 Å². The summed E-state index contributed by atoms with van der Waals surface area (Å²) >= 11 is 0. The number of allylic oxidation sites excluding steroid dienone is 1. The van der Waals surface area contributed by atoms with Crippen molar-refractivity contribution in [3.63, 3.8) is 0 Å². The highest BCUT2D eigenvalue weighted by atomic mass is 16.1. The molecule has 0 bridgehead atoms.